The summed E-state index contributed by atoms with van der Waals surface area (Å²) in [5.41, 5.74) is 1.56. The number of aromatic amines is 1. The number of H-pyrrole nitrogens is 1. The van der Waals surface area contributed by atoms with Gasteiger partial charge in [0.1, 0.15) is 11.3 Å². The van der Waals surface area contributed by atoms with Crippen molar-refractivity contribution in [1.29, 1.82) is 0 Å². The molecule has 6 heteroatoms. The number of benzene rings is 1. The summed E-state index contributed by atoms with van der Waals surface area (Å²) < 4.78 is 10.1. The number of carbonyl (C=O) groups is 2. The molecule has 0 bridgehead atoms. The second-order valence-electron chi connectivity index (χ2n) is 4.11. The molecule has 0 fully saturated rings. The van der Waals surface area contributed by atoms with E-state index in [9.17, 15) is 9.59 Å². The summed E-state index contributed by atoms with van der Waals surface area (Å²) >= 11 is 0. The molecule has 0 aliphatic rings. The molecule has 0 saturated heterocycles. The Bertz CT molecular complexity index is 800. The number of furan rings is 1. The smallest absolute Gasteiger partial charge is 0.356 e. The largest absolute Gasteiger partial charge is 0.464 e. The van der Waals surface area contributed by atoms with Gasteiger partial charge in [0.05, 0.1) is 7.11 Å². The minimum absolute atomic E-state index is 0.237. The Morgan fingerprint density at radius 2 is 2.20 bits per heavy atom. The molecule has 0 radical (unpaired) electrons. The minimum Gasteiger partial charge on any atom is -0.464 e. The number of hydrogen-bond donors (Lipinski definition) is 1. The van der Waals surface area contributed by atoms with E-state index >= 15 is 0 Å². The molecule has 0 amide bonds. The maximum absolute atomic E-state index is 11.6. The van der Waals surface area contributed by atoms with E-state index in [0.29, 0.717) is 28.5 Å². The highest BCUT2D eigenvalue weighted by Gasteiger charge is 2.17. The summed E-state index contributed by atoms with van der Waals surface area (Å²) in [5, 5.41) is 7.42. The van der Waals surface area contributed by atoms with Gasteiger partial charge in [-0.25, -0.2) is 4.79 Å². The van der Waals surface area contributed by atoms with Gasteiger partial charge >= 0.3 is 5.97 Å². The number of nitrogens with one attached hydrogen (secondary N) is 1. The van der Waals surface area contributed by atoms with Crippen LogP contribution in [0.2, 0.25) is 0 Å². The third kappa shape index (κ3) is 1.78. The molecule has 0 saturated carbocycles. The van der Waals surface area contributed by atoms with E-state index in [2.05, 4.69) is 14.9 Å². The van der Waals surface area contributed by atoms with Crippen molar-refractivity contribution in [2.45, 2.75) is 0 Å². The van der Waals surface area contributed by atoms with Crippen molar-refractivity contribution < 1.29 is 18.7 Å². The van der Waals surface area contributed by atoms with Gasteiger partial charge in [0.25, 0.3) is 0 Å². The number of hydrogen-bond acceptors (Lipinski definition) is 5. The van der Waals surface area contributed by atoms with Crippen LogP contribution in [-0.4, -0.2) is 29.6 Å². The summed E-state index contributed by atoms with van der Waals surface area (Å²) in [7, 11) is 1.31. The molecular formula is C14H10N2O4. The normalized spacial score (nSPS) is 10.7. The third-order valence-corrected chi connectivity index (χ3v) is 2.98. The van der Waals surface area contributed by atoms with Crippen molar-refractivity contribution >= 4 is 23.2 Å². The zero-order valence-corrected chi connectivity index (χ0v) is 10.5. The van der Waals surface area contributed by atoms with Crippen LogP contribution in [0.1, 0.15) is 21.0 Å². The van der Waals surface area contributed by atoms with Gasteiger partial charge in [-0.15, -0.1) is 0 Å². The number of aromatic nitrogens is 2. The quantitative estimate of drug-likeness (QED) is 0.583. The highest BCUT2D eigenvalue weighted by atomic mass is 16.5. The summed E-state index contributed by atoms with van der Waals surface area (Å²) in [6.07, 6.45) is 0.633. The van der Waals surface area contributed by atoms with E-state index < -0.39 is 5.97 Å². The molecule has 0 unspecified atom stereocenters. The molecular weight excluding hydrogens is 260 g/mol. The number of para-hydroxylation sites is 1. The fraction of sp³-hybridized carbons (Fsp3) is 0.0714. The lowest BCUT2D eigenvalue weighted by Gasteiger charge is -1.99. The number of esters is 1. The van der Waals surface area contributed by atoms with Gasteiger partial charge in [-0.2, -0.15) is 5.10 Å². The first kappa shape index (κ1) is 12.2. The number of rotatable bonds is 3. The number of methoxy groups -OCH3 is 1. The van der Waals surface area contributed by atoms with Crippen molar-refractivity contribution in [3.05, 3.63) is 41.8 Å². The van der Waals surface area contributed by atoms with Gasteiger partial charge in [0.2, 0.25) is 0 Å². The van der Waals surface area contributed by atoms with Crippen LogP contribution >= 0.6 is 0 Å². The van der Waals surface area contributed by atoms with Crippen LogP contribution in [0.25, 0.3) is 22.2 Å². The number of carbonyl (C=O) groups excluding carboxylic acids is 2. The van der Waals surface area contributed by atoms with Gasteiger partial charge in [-0.3, -0.25) is 9.89 Å². The first-order chi connectivity index (χ1) is 9.74. The van der Waals surface area contributed by atoms with E-state index in [1.807, 2.05) is 0 Å². The Kier molecular flexibility index (Phi) is 2.83. The van der Waals surface area contributed by atoms with Crippen LogP contribution in [0, 0.1) is 0 Å². The highest BCUT2D eigenvalue weighted by Crippen LogP contribution is 2.29. The summed E-state index contributed by atoms with van der Waals surface area (Å²) in [6.45, 7) is 0. The van der Waals surface area contributed by atoms with Crippen molar-refractivity contribution in [2.75, 3.05) is 7.11 Å². The van der Waals surface area contributed by atoms with Crippen LogP contribution in [0.15, 0.2) is 34.7 Å². The van der Waals surface area contributed by atoms with E-state index in [4.69, 9.17) is 4.42 Å². The molecule has 2 heterocycles. The fourth-order valence-electron chi connectivity index (χ4n) is 2.06. The number of aldehydes is 1. The molecule has 6 nitrogen and oxygen atoms in total. The van der Waals surface area contributed by atoms with Crippen molar-refractivity contribution in [2.24, 2.45) is 0 Å². The number of fused-ring (bicyclic) bond motifs is 1. The van der Waals surface area contributed by atoms with Gasteiger partial charge in [0, 0.05) is 10.9 Å². The van der Waals surface area contributed by atoms with Crippen LogP contribution in [0.3, 0.4) is 0 Å². The average Bonchev–Trinajstić information content (AvgIpc) is 3.12. The molecule has 0 aliphatic heterocycles. The Morgan fingerprint density at radius 1 is 1.35 bits per heavy atom. The van der Waals surface area contributed by atoms with Gasteiger partial charge in [0.15, 0.2) is 17.7 Å². The lowest BCUT2D eigenvalue weighted by molar-refractivity contribution is 0.0596. The molecule has 0 atom stereocenters. The molecule has 20 heavy (non-hydrogen) atoms. The van der Waals surface area contributed by atoms with Crippen LogP contribution in [-0.2, 0) is 4.74 Å². The third-order valence-electron chi connectivity index (χ3n) is 2.98. The summed E-state index contributed by atoms with van der Waals surface area (Å²) in [6, 6.07) is 8.61. The number of nitrogens with zero attached hydrogens (tertiary/aromatic N) is 1. The Labute approximate surface area is 113 Å². The lowest BCUT2D eigenvalue weighted by Crippen LogP contribution is -2.01. The molecule has 1 N–H and O–H groups in total. The molecule has 100 valence electrons. The van der Waals surface area contributed by atoms with Crippen LogP contribution < -0.4 is 0 Å². The minimum atomic E-state index is -0.488. The molecule has 2 aromatic heterocycles. The summed E-state index contributed by atoms with van der Waals surface area (Å²) in [5.74, 6) is 0.263. The predicted molar refractivity (Wildman–Crippen MR) is 70.5 cm³/mol. The molecule has 1 aromatic carbocycles. The SMILES string of the molecule is COC(=O)c1[nH]nc2c(-c3ccc(C=O)o3)cccc12. The van der Waals surface area contributed by atoms with E-state index in [-0.39, 0.29) is 11.5 Å². The van der Waals surface area contributed by atoms with Crippen molar-refractivity contribution in [3.8, 4) is 11.3 Å². The van der Waals surface area contributed by atoms with E-state index in [1.165, 1.54) is 7.11 Å². The maximum atomic E-state index is 11.6. The first-order valence-corrected chi connectivity index (χ1v) is 5.85. The molecule has 3 rings (SSSR count). The van der Waals surface area contributed by atoms with Crippen molar-refractivity contribution in [3.63, 3.8) is 0 Å². The molecule has 0 spiro atoms. The topological polar surface area (TPSA) is 85.2 Å². The molecule has 3 aromatic rings. The zero-order chi connectivity index (χ0) is 14.1. The monoisotopic (exact) mass is 270 g/mol. The predicted octanol–water partition coefficient (Wildman–Crippen LogP) is 2.42. The maximum Gasteiger partial charge on any atom is 0.356 e. The Balaban J connectivity index is 2.20. The first-order valence-electron chi connectivity index (χ1n) is 5.85. The average molecular weight is 270 g/mol. The Morgan fingerprint density at radius 3 is 2.90 bits per heavy atom. The van der Waals surface area contributed by atoms with Gasteiger partial charge < -0.3 is 9.15 Å². The second kappa shape index (κ2) is 4.65. The highest BCUT2D eigenvalue weighted by molar-refractivity contribution is 6.05. The Hall–Kier alpha value is -2.89. The van der Waals surface area contributed by atoms with Gasteiger partial charge in [-0.1, -0.05) is 12.1 Å². The number of ether oxygens (including phenoxy) is 1. The fourth-order valence-corrected chi connectivity index (χ4v) is 2.06. The summed E-state index contributed by atoms with van der Waals surface area (Å²) in [4.78, 5) is 22.3. The zero-order valence-electron chi connectivity index (χ0n) is 10.5. The lowest BCUT2D eigenvalue weighted by atomic mass is 10.1. The van der Waals surface area contributed by atoms with E-state index in [1.54, 1.807) is 30.3 Å². The van der Waals surface area contributed by atoms with E-state index in [0.717, 1.165) is 0 Å². The van der Waals surface area contributed by atoms with Gasteiger partial charge in [-0.05, 0) is 18.2 Å². The van der Waals surface area contributed by atoms with Crippen molar-refractivity contribution in [1.82, 2.24) is 10.2 Å². The standard InChI is InChI=1S/C14H10N2O4/c1-19-14(18)13-10-4-2-3-9(12(10)15-16-13)11-6-5-8(7-17)20-11/h2-7H,1H3,(H,15,16). The van der Waals surface area contributed by atoms with Crippen LogP contribution in [0.4, 0.5) is 0 Å². The van der Waals surface area contributed by atoms with Crippen LogP contribution in [0.5, 0.6) is 0 Å². The molecule has 0 aliphatic carbocycles. The second-order valence-corrected chi connectivity index (χ2v) is 4.11.